The molecule has 1 aromatic rings. The predicted octanol–water partition coefficient (Wildman–Crippen LogP) is 1.91. The van der Waals surface area contributed by atoms with Crippen LogP contribution in [0.15, 0.2) is 24.3 Å². The molecule has 13 heavy (non-hydrogen) atoms. The van der Waals surface area contributed by atoms with Gasteiger partial charge in [0.15, 0.2) is 0 Å². The first-order valence-corrected chi connectivity index (χ1v) is 4.54. The third-order valence-electron chi connectivity index (χ3n) is 1.98. The van der Waals surface area contributed by atoms with Crippen molar-refractivity contribution in [3.05, 3.63) is 35.4 Å². The molecule has 3 N–H and O–H groups in total. The molecular formula is C11H16N2. The van der Waals surface area contributed by atoms with Gasteiger partial charge in [0, 0.05) is 12.1 Å². The summed E-state index contributed by atoms with van der Waals surface area (Å²) >= 11 is 0. The van der Waals surface area contributed by atoms with Gasteiger partial charge in [0.1, 0.15) is 0 Å². The maximum atomic E-state index is 7.60. The fourth-order valence-electron chi connectivity index (χ4n) is 1.21. The van der Waals surface area contributed by atoms with Crippen LogP contribution in [0.2, 0.25) is 0 Å². The van der Waals surface area contributed by atoms with Gasteiger partial charge in [-0.3, -0.25) is 0 Å². The molecule has 0 spiro atoms. The van der Waals surface area contributed by atoms with E-state index in [0.29, 0.717) is 18.7 Å². The number of rotatable bonds is 4. The Bertz CT molecular complexity index is 275. The molecule has 0 radical (unpaired) electrons. The zero-order valence-electron chi connectivity index (χ0n) is 8.01. The minimum atomic E-state index is 0.574. The van der Waals surface area contributed by atoms with E-state index in [4.69, 9.17) is 11.1 Å². The summed E-state index contributed by atoms with van der Waals surface area (Å²) < 4.78 is 0. The Kier molecular flexibility index (Phi) is 3.65. The van der Waals surface area contributed by atoms with Crippen molar-refractivity contribution in [1.29, 1.82) is 5.41 Å². The van der Waals surface area contributed by atoms with E-state index in [9.17, 15) is 0 Å². The summed E-state index contributed by atoms with van der Waals surface area (Å²) in [6, 6.07) is 8.29. The monoisotopic (exact) mass is 176 g/mol. The minimum Gasteiger partial charge on any atom is -0.330 e. The van der Waals surface area contributed by atoms with E-state index in [1.807, 2.05) is 0 Å². The maximum Gasteiger partial charge on any atom is 0.0145 e. The van der Waals surface area contributed by atoms with Gasteiger partial charge in [-0.2, -0.15) is 0 Å². The molecule has 0 aromatic heterocycles. The molecule has 0 aliphatic heterocycles. The lowest BCUT2D eigenvalue weighted by Gasteiger charge is -2.02. The fourth-order valence-corrected chi connectivity index (χ4v) is 1.21. The summed E-state index contributed by atoms with van der Waals surface area (Å²) in [7, 11) is 0. The third kappa shape index (κ3) is 3.38. The van der Waals surface area contributed by atoms with Crippen molar-refractivity contribution in [2.45, 2.75) is 19.8 Å². The number of hydrogen-bond acceptors (Lipinski definition) is 2. The molecule has 0 bridgehead atoms. The molecule has 0 saturated carbocycles. The van der Waals surface area contributed by atoms with Crippen molar-refractivity contribution < 1.29 is 0 Å². The summed E-state index contributed by atoms with van der Waals surface area (Å²) in [5.41, 5.74) is 8.54. The first-order valence-electron chi connectivity index (χ1n) is 4.54. The molecule has 0 saturated heterocycles. The highest BCUT2D eigenvalue weighted by Gasteiger charge is 1.97. The first-order chi connectivity index (χ1) is 6.22. The normalized spacial score (nSPS) is 10.0. The average Bonchev–Trinajstić information content (AvgIpc) is 2.09. The van der Waals surface area contributed by atoms with Crippen LogP contribution in [0.25, 0.3) is 0 Å². The maximum absolute atomic E-state index is 7.60. The second-order valence-electron chi connectivity index (χ2n) is 3.30. The van der Waals surface area contributed by atoms with E-state index in [1.54, 1.807) is 0 Å². The zero-order valence-corrected chi connectivity index (χ0v) is 8.01. The SMILES string of the molecule is Cc1ccc(CC(=N)CCN)cc1. The van der Waals surface area contributed by atoms with Crippen molar-refractivity contribution in [3.63, 3.8) is 0 Å². The lowest BCUT2D eigenvalue weighted by atomic mass is 10.1. The molecule has 0 aliphatic carbocycles. The van der Waals surface area contributed by atoms with Crippen LogP contribution < -0.4 is 5.73 Å². The van der Waals surface area contributed by atoms with Crippen LogP contribution in [-0.2, 0) is 6.42 Å². The molecule has 0 unspecified atom stereocenters. The number of hydrogen-bond donors (Lipinski definition) is 2. The minimum absolute atomic E-state index is 0.574. The zero-order chi connectivity index (χ0) is 9.68. The largest absolute Gasteiger partial charge is 0.330 e. The highest BCUT2D eigenvalue weighted by Crippen LogP contribution is 2.05. The van der Waals surface area contributed by atoms with Crippen molar-refractivity contribution in [2.24, 2.45) is 5.73 Å². The Morgan fingerprint density at radius 3 is 2.46 bits per heavy atom. The summed E-state index contributed by atoms with van der Waals surface area (Å²) in [5.74, 6) is 0. The van der Waals surface area contributed by atoms with Crippen LogP contribution in [0, 0.1) is 12.3 Å². The van der Waals surface area contributed by atoms with Crippen molar-refractivity contribution in [2.75, 3.05) is 6.54 Å². The van der Waals surface area contributed by atoms with E-state index in [2.05, 4.69) is 31.2 Å². The fraction of sp³-hybridized carbons (Fsp3) is 0.364. The second kappa shape index (κ2) is 4.77. The lowest BCUT2D eigenvalue weighted by Crippen LogP contribution is -2.09. The Hall–Kier alpha value is -1.15. The molecule has 0 amide bonds. The number of nitrogens with two attached hydrogens (primary N) is 1. The molecule has 2 heteroatoms. The number of nitrogens with one attached hydrogen (secondary N) is 1. The van der Waals surface area contributed by atoms with Crippen LogP contribution in [0.5, 0.6) is 0 Å². The first kappa shape index (κ1) is 9.93. The Balaban J connectivity index is 2.54. The van der Waals surface area contributed by atoms with Gasteiger partial charge >= 0.3 is 0 Å². The molecule has 0 heterocycles. The van der Waals surface area contributed by atoms with E-state index >= 15 is 0 Å². The van der Waals surface area contributed by atoms with Crippen LogP contribution >= 0.6 is 0 Å². The Morgan fingerprint density at radius 2 is 1.92 bits per heavy atom. The third-order valence-corrected chi connectivity index (χ3v) is 1.98. The number of benzene rings is 1. The smallest absolute Gasteiger partial charge is 0.0145 e. The van der Waals surface area contributed by atoms with Crippen molar-refractivity contribution >= 4 is 5.71 Å². The van der Waals surface area contributed by atoms with E-state index in [0.717, 1.165) is 6.42 Å². The summed E-state index contributed by atoms with van der Waals surface area (Å²) in [5, 5.41) is 7.60. The van der Waals surface area contributed by atoms with Gasteiger partial charge < -0.3 is 11.1 Å². The summed E-state index contributed by atoms with van der Waals surface area (Å²) in [6.07, 6.45) is 1.44. The molecular weight excluding hydrogens is 160 g/mol. The van der Waals surface area contributed by atoms with Gasteiger partial charge in [-0.25, -0.2) is 0 Å². The molecule has 0 atom stereocenters. The number of aryl methyl sites for hydroxylation is 1. The van der Waals surface area contributed by atoms with Crippen LogP contribution in [0.4, 0.5) is 0 Å². The van der Waals surface area contributed by atoms with E-state index in [1.165, 1.54) is 11.1 Å². The predicted molar refractivity (Wildman–Crippen MR) is 56.3 cm³/mol. The topological polar surface area (TPSA) is 49.9 Å². The van der Waals surface area contributed by atoms with E-state index in [-0.39, 0.29) is 0 Å². The van der Waals surface area contributed by atoms with Crippen molar-refractivity contribution in [1.82, 2.24) is 0 Å². The van der Waals surface area contributed by atoms with Crippen LogP contribution in [-0.4, -0.2) is 12.3 Å². The average molecular weight is 176 g/mol. The lowest BCUT2D eigenvalue weighted by molar-refractivity contribution is 1.01. The highest BCUT2D eigenvalue weighted by atomic mass is 14.5. The van der Waals surface area contributed by atoms with Crippen LogP contribution in [0.3, 0.4) is 0 Å². The van der Waals surface area contributed by atoms with Crippen LogP contribution in [0.1, 0.15) is 17.5 Å². The van der Waals surface area contributed by atoms with Crippen molar-refractivity contribution in [3.8, 4) is 0 Å². The van der Waals surface area contributed by atoms with Gasteiger partial charge in [0.05, 0.1) is 0 Å². The molecule has 2 nitrogen and oxygen atoms in total. The second-order valence-corrected chi connectivity index (χ2v) is 3.30. The Morgan fingerprint density at radius 1 is 1.31 bits per heavy atom. The van der Waals surface area contributed by atoms with E-state index < -0.39 is 0 Å². The standard InChI is InChI=1S/C11H16N2/c1-9-2-4-10(5-3-9)8-11(13)6-7-12/h2-5,13H,6-8,12H2,1H3. The summed E-state index contributed by atoms with van der Waals surface area (Å²) in [6.45, 7) is 2.64. The highest BCUT2D eigenvalue weighted by molar-refractivity contribution is 5.83. The van der Waals surface area contributed by atoms with Gasteiger partial charge in [0.2, 0.25) is 0 Å². The molecule has 0 aliphatic rings. The molecule has 1 aromatic carbocycles. The quantitative estimate of drug-likeness (QED) is 0.676. The van der Waals surface area contributed by atoms with Gasteiger partial charge in [-0.1, -0.05) is 29.8 Å². The molecule has 70 valence electrons. The molecule has 0 fully saturated rings. The Labute approximate surface area is 79.3 Å². The van der Waals surface area contributed by atoms with Gasteiger partial charge in [0.25, 0.3) is 0 Å². The van der Waals surface area contributed by atoms with Gasteiger partial charge in [-0.15, -0.1) is 0 Å². The summed E-state index contributed by atoms with van der Waals surface area (Å²) in [4.78, 5) is 0. The molecule has 1 rings (SSSR count). The van der Waals surface area contributed by atoms with Gasteiger partial charge in [-0.05, 0) is 25.5 Å².